The Balaban J connectivity index is 2.78. The SMILES string of the molecule is CC(=O)c1cc2cc(O)c(C(=O)O)cc2cc1O. The van der Waals surface area contributed by atoms with Crippen molar-refractivity contribution in [3.63, 3.8) is 0 Å². The third-order valence-electron chi connectivity index (χ3n) is 2.68. The topological polar surface area (TPSA) is 94.8 Å². The van der Waals surface area contributed by atoms with Crippen LogP contribution in [0.3, 0.4) is 0 Å². The predicted molar refractivity (Wildman–Crippen MR) is 64.2 cm³/mol. The van der Waals surface area contributed by atoms with E-state index in [-0.39, 0.29) is 28.4 Å². The number of carbonyl (C=O) groups excluding carboxylic acids is 1. The molecule has 0 amide bonds. The van der Waals surface area contributed by atoms with Crippen molar-refractivity contribution in [2.75, 3.05) is 0 Å². The van der Waals surface area contributed by atoms with E-state index in [4.69, 9.17) is 5.11 Å². The van der Waals surface area contributed by atoms with E-state index in [9.17, 15) is 19.8 Å². The number of rotatable bonds is 2. The minimum Gasteiger partial charge on any atom is -0.507 e. The Bertz CT molecular complexity index is 613. The normalized spacial score (nSPS) is 10.5. The molecule has 3 N–H and O–H groups in total. The number of phenols is 2. The minimum absolute atomic E-state index is 0.130. The molecule has 5 heteroatoms. The van der Waals surface area contributed by atoms with E-state index in [1.807, 2.05) is 0 Å². The van der Waals surface area contributed by atoms with Gasteiger partial charge in [-0.15, -0.1) is 0 Å². The highest BCUT2D eigenvalue weighted by molar-refractivity contribution is 6.03. The largest absolute Gasteiger partial charge is 0.507 e. The maximum Gasteiger partial charge on any atom is 0.339 e. The summed E-state index contributed by atoms with van der Waals surface area (Å²) in [6, 6.07) is 5.22. The van der Waals surface area contributed by atoms with Gasteiger partial charge in [0.15, 0.2) is 5.78 Å². The Morgan fingerprint density at radius 3 is 1.78 bits per heavy atom. The van der Waals surface area contributed by atoms with Crippen LogP contribution >= 0.6 is 0 Å². The Morgan fingerprint density at radius 2 is 1.33 bits per heavy atom. The average Bonchev–Trinajstić information content (AvgIpc) is 2.27. The molecule has 0 saturated carbocycles. The van der Waals surface area contributed by atoms with Gasteiger partial charge in [-0.3, -0.25) is 4.79 Å². The van der Waals surface area contributed by atoms with Crippen LogP contribution in [0.4, 0.5) is 0 Å². The number of carboxylic acids is 1. The number of aromatic hydroxyl groups is 2. The van der Waals surface area contributed by atoms with Crippen LogP contribution in [0.2, 0.25) is 0 Å². The zero-order valence-electron chi connectivity index (χ0n) is 9.47. The van der Waals surface area contributed by atoms with Crippen LogP contribution in [0, 0.1) is 0 Å². The number of hydrogen-bond acceptors (Lipinski definition) is 4. The van der Waals surface area contributed by atoms with Gasteiger partial charge in [-0.2, -0.15) is 0 Å². The Morgan fingerprint density at radius 1 is 0.889 bits per heavy atom. The minimum atomic E-state index is -1.26. The van der Waals surface area contributed by atoms with Gasteiger partial charge in [0.2, 0.25) is 0 Å². The smallest absolute Gasteiger partial charge is 0.339 e. The predicted octanol–water partition coefficient (Wildman–Crippen LogP) is 2.15. The van der Waals surface area contributed by atoms with Gasteiger partial charge < -0.3 is 15.3 Å². The second-order valence-electron chi connectivity index (χ2n) is 3.95. The number of carboxylic acid groups (broad SMARTS) is 1. The van der Waals surface area contributed by atoms with E-state index in [1.165, 1.54) is 31.2 Å². The van der Waals surface area contributed by atoms with Gasteiger partial charge in [-0.1, -0.05) is 0 Å². The molecule has 5 nitrogen and oxygen atoms in total. The van der Waals surface area contributed by atoms with E-state index < -0.39 is 5.97 Å². The van der Waals surface area contributed by atoms with E-state index in [0.29, 0.717) is 10.8 Å². The molecule has 0 aromatic heterocycles. The number of aromatic carboxylic acids is 1. The lowest BCUT2D eigenvalue weighted by atomic mass is 10.0. The summed E-state index contributed by atoms with van der Waals surface area (Å²) in [7, 11) is 0. The van der Waals surface area contributed by atoms with Gasteiger partial charge in [0.05, 0.1) is 5.56 Å². The summed E-state index contributed by atoms with van der Waals surface area (Å²) in [5, 5.41) is 29.0. The van der Waals surface area contributed by atoms with Crippen LogP contribution in [-0.4, -0.2) is 27.1 Å². The van der Waals surface area contributed by atoms with Crippen molar-refractivity contribution in [1.29, 1.82) is 0 Å². The molecular weight excluding hydrogens is 236 g/mol. The molecule has 92 valence electrons. The Labute approximate surface area is 102 Å². The van der Waals surface area contributed by atoms with Crippen LogP contribution in [0.25, 0.3) is 10.8 Å². The fourth-order valence-corrected chi connectivity index (χ4v) is 1.78. The molecule has 0 aliphatic heterocycles. The summed E-state index contributed by atoms with van der Waals surface area (Å²) in [4.78, 5) is 22.1. The fraction of sp³-hybridized carbons (Fsp3) is 0.0769. The lowest BCUT2D eigenvalue weighted by molar-refractivity contribution is 0.0693. The zero-order chi connectivity index (χ0) is 13.4. The number of hydrogen-bond donors (Lipinski definition) is 3. The quantitative estimate of drug-likeness (QED) is 0.706. The number of carbonyl (C=O) groups is 2. The highest BCUT2D eigenvalue weighted by Crippen LogP contribution is 2.30. The molecule has 2 aromatic rings. The molecule has 0 atom stereocenters. The van der Waals surface area contributed by atoms with E-state index in [2.05, 4.69) is 0 Å². The van der Waals surface area contributed by atoms with Gasteiger partial charge >= 0.3 is 5.97 Å². The highest BCUT2D eigenvalue weighted by Gasteiger charge is 2.14. The number of fused-ring (bicyclic) bond motifs is 1. The average molecular weight is 246 g/mol. The number of Topliss-reactive ketones (excluding diaryl/α,β-unsaturated/α-hetero) is 1. The number of benzene rings is 2. The maximum absolute atomic E-state index is 11.3. The lowest BCUT2D eigenvalue weighted by Gasteiger charge is -2.06. The molecule has 2 aromatic carbocycles. The maximum atomic E-state index is 11.3. The first-order valence-corrected chi connectivity index (χ1v) is 5.14. The zero-order valence-corrected chi connectivity index (χ0v) is 9.47. The van der Waals surface area contributed by atoms with Crippen molar-refractivity contribution >= 4 is 22.5 Å². The Hall–Kier alpha value is -2.56. The molecule has 0 unspecified atom stereocenters. The second-order valence-corrected chi connectivity index (χ2v) is 3.95. The van der Waals surface area contributed by atoms with Crippen molar-refractivity contribution in [2.45, 2.75) is 6.92 Å². The first-order valence-electron chi connectivity index (χ1n) is 5.14. The third-order valence-corrected chi connectivity index (χ3v) is 2.68. The Kier molecular flexibility index (Phi) is 2.67. The van der Waals surface area contributed by atoms with Gasteiger partial charge in [0.1, 0.15) is 17.1 Å². The van der Waals surface area contributed by atoms with Gasteiger partial charge in [0.25, 0.3) is 0 Å². The van der Waals surface area contributed by atoms with Crippen LogP contribution in [0.1, 0.15) is 27.6 Å². The molecule has 0 saturated heterocycles. The summed E-state index contributed by atoms with van der Waals surface area (Å²) in [6.45, 7) is 1.31. The van der Waals surface area contributed by atoms with Crippen molar-refractivity contribution in [3.05, 3.63) is 35.4 Å². The summed E-state index contributed by atoms with van der Waals surface area (Å²) in [5.74, 6) is -2.16. The number of ketones is 1. The van der Waals surface area contributed by atoms with Gasteiger partial charge in [-0.25, -0.2) is 4.79 Å². The van der Waals surface area contributed by atoms with Crippen molar-refractivity contribution in [2.24, 2.45) is 0 Å². The molecule has 0 aliphatic rings. The molecule has 0 radical (unpaired) electrons. The van der Waals surface area contributed by atoms with Crippen LogP contribution < -0.4 is 0 Å². The third kappa shape index (κ3) is 1.86. The van der Waals surface area contributed by atoms with E-state index >= 15 is 0 Å². The van der Waals surface area contributed by atoms with Crippen molar-refractivity contribution in [3.8, 4) is 11.5 Å². The highest BCUT2D eigenvalue weighted by atomic mass is 16.4. The fourth-order valence-electron chi connectivity index (χ4n) is 1.78. The summed E-state index contributed by atoms with van der Waals surface area (Å²) < 4.78 is 0. The first-order chi connectivity index (χ1) is 8.40. The molecule has 0 fully saturated rings. The molecule has 0 bridgehead atoms. The molecular formula is C13H10O5. The summed E-state index contributed by atoms with van der Waals surface area (Å²) in [6.07, 6.45) is 0. The van der Waals surface area contributed by atoms with E-state index in [1.54, 1.807) is 0 Å². The molecule has 0 spiro atoms. The summed E-state index contributed by atoms with van der Waals surface area (Å²) in [5.41, 5.74) is -0.123. The van der Waals surface area contributed by atoms with E-state index in [0.717, 1.165) is 0 Å². The second kappa shape index (κ2) is 4.03. The molecule has 0 heterocycles. The molecule has 18 heavy (non-hydrogen) atoms. The molecule has 0 aliphatic carbocycles. The van der Waals surface area contributed by atoms with Crippen molar-refractivity contribution in [1.82, 2.24) is 0 Å². The lowest BCUT2D eigenvalue weighted by Crippen LogP contribution is -1.98. The standard InChI is InChI=1S/C13H10O5/c1-6(14)9-2-7-5-12(16)10(13(17)18)3-8(7)4-11(9)15/h2-5,15-16H,1H3,(H,17,18). The van der Waals surface area contributed by atoms with Crippen LogP contribution in [0.5, 0.6) is 11.5 Å². The van der Waals surface area contributed by atoms with Gasteiger partial charge in [0, 0.05) is 0 Å². The summed E-state index contributed by atoms with van der Waals surface area (Å²) >= 11 is 0. The monoisotopic (exact) mass is 246 g/mol. The first kappa shape index (κ1) is 11.9. The van der Waals surface area contributed by atoms with Crippen LogP contribution in [-0.2, 0) is 0 Å². The molecule has 2 rings (SSSR count). The van der Waals surface area contributed by atoms with Crippen molar-refractivity contribution < 1.29 is 24.9 Å². The van der Waals surface area contributed by atoms with Crippen LogP contribution in [0.15, 0.2) is 24.3 Å². The van der Waals surface area contributed by atoms with Gasteiger partial charge in [-0.05, 0) is 42.0 Å². The number of phenolic OH excluding ortho intramolecular Hbond substituents is 1.